The van der Waals surface area contributed by atoms with Crippen LogP contribution in [0.15, 0.2) is 100 Å². The molecular weight excluding hydrogens is 567 g/mol. The van der Waals surface area contributed by atoms with Gasteiger partial charge in [0, 0.05) is 17.8 Å². The second kappa shape index (κ2) is 11.3. The van der Waals surface area contributed by atoms with E-state index in [4.69, 9.17) is 14.5 Å². The fourth-order valence-electron chi connectivity index (χ4n) is 5.65. The summed E-state index contributed by atoms with van der Waals surface area (Å²) in [5.41, 5.74) is 7.84. The number of fused-ring (bicyclic) bond motifs is 3. The van der Waals surface area contributed by atoms with Crippen LogP contribution in [0, 0.1) is 18.7 Å². The van der Waals surface area contributed by atoms with Crippen LogP contribution in [-0.4, -0.2) is 13.3 Å². The highest BCUT2D eigenvalue weighted by molar-refractivity contribution is 9.10. The normalized spacial score (nSPS) is 19.2. The number of hydrogen-bond donors (Lipinski definition) is 1. The molecule has 6 heteroatoms. The van der Waals surface area contributed by atoms with Crippen LogP contribution < -0.4 is 14.8 Å². The highest BCUT2D eigenvalue weighted by Gasteiger charge is 2.37. The average molecular weight is 598 g/mol. The number of aryl methyl sites for hydroxylation is 1. The van der Waals surface area contributed by atoms with Gasteiger partial charge in [0.25, 0.3) is 0 Å². The Morgan fingerprint density at radius 3 is 2.60 bits per heavy atom. The maximum Gasteiger partial charge on any atom is 0.175 e. The fraction of sp³-hybridized carbons (Fsp3) is 0.206. The highest BCUT2D eigenvalue weighted by atomic mass is 79.9. The van der Waals surface area contributed by atoms with Gasteiger partial charge < -0.3 is 14.8 Å². The summed E-state index contributed by atoms with van der Waals surface area (Å²) >= 11 is 3.60. The van der Waals surface area contributed by atoms with Gasteiger partial charge in [-0.05, 0) is 99.9 Å². The smallest absolute Gasteiger partial charge is 0.175 e. The van der Waals surface area contributed by atoms with Gasteiger partial charge in [-0.1, -0.05) is 54.1 Å². The van der Waals surface area contributed by atoms with Crippen LogP contribution >= 0.6 is 15.9 Å². The van der Waals surface area contributed by atoms with E-state index in [2.05, 4.69) is 82.8 Å². The third kappa shape index (κ3) is 5.41. The Balaban J connectivity index is 1.16. The molecule has 2 aliphatic rings. The maximum atomic E-state index is 13.2. The van der Waals surface area contributed by atoms with Crippen molar-refractivity contribution in [2.45, 2.75) is 31.9 Å². The summed E-state index contributed by atoms with van der Waals surface area (Å²) in [7, 11) is 1.61. The van der Waals surface area contributed by atoms with Gasteiger partial charge in [-0.15, -0.1) is 0 Å². The van der Waals surface area contributed by atoms with Crippen molar-refractivity contribution in [3.63, 3.8) is 0 Å². The molecule has 1 heterocycles. The van der Waals surface area contributed by atoms with E-state index >= 15 is 0 Å². The highest BCUT2D eigenvalue weighted by Crippen LogP contribution is 2.50. The van der Waals surface area contributed by atoms with E-state index in [1.54, 1.807) is 19.2 Å². The zero-order valence-electron chi connectivity index (χ0n) is 22.4. The van der Waals surface area contributed by atoms with E-state index in [-0.39, 0.29) is 11.9 Å². The van der Waals surface area contributed by atoms with Gasteiger partial charge in [0.05, 0.1) is 23.3 Å². The number of halogens is 2. The van der Waals surface area contributed by atoms with Crippen molar-refractivity contribution >= 4 is 33.5 Å². The number of nitrogens with zero attached hydrogens (tertiary/aromatic N) is 1. The van der Waals surface area contributed by atoms with Crippen molar-refractivity contribution in [2.75, 3.05) is 12.4 Å². The molecule has 4 nitrogen and oxygen atoms in total. The predicted molar refractivity (Wildman–Crippen MR) is 163 cm³/mol. The monoisotopic (exact) mass is 596 g/mol. The number of aliphatic imine (C=N–C) groups is 1. The molecule has 1 N–H and O–H groups in total. The van der Waals surface area contributed by atoms with E-state index in [0.29, 0.717) is 29.9 Å². The number of nitrogens with one attached hydrogen (secondary N) is 1. The Kier molecular flexibility index (Phi) is 7.44. The largest absolute Gasteiger partial charge is 0.493 e. The summed E-state index contributed by atoms with van der Waals surface area (Å²) in [6.45, 7) is 2.46. The minimum absolute atomic E-state index is 0.260. The van der Waals surface area contributed by atoms with Gasteiger partial charge in [-0.3, -0.25) is 4.99 Å². The lowest BCUT2D eigenvalue weighted by Gasteiger charge is -2.37. The molecule has 1 aliphatic carbocycles. The Labute approximate surface area is 242 Å². The topological polar surface area (TPSA) is 42.8 Å². The number of methoxy groups -OCH3 is 1. The molecular formula is C34H30BrFN2O2. The molecule has 3 atom stereocenters. The third-order valence-corrected chi connectivity index (χ3v) is 8.27. The summed E-state index contributed by atoms with van der Waals surface area (Å²) in [5, 5.41) is 3.81. The summed E-state index contributed by atoms with van der Waals surface area (Å²) in [6, 6.07) is 25.6. The van der Waals surface area contributed by atoms with E-state index in [0.717, 1.165) is 27.7 Å². The molecule has 0 fully saturated rings. The van der Waals surface area contributed by atoms with Gasteiger partial charge in [0.1, 0.15) is 12.4 Å². The van der Waals surface area contributed by atoms with Crippen LogP contribution in [0.5, 0.6) is 11.5 Å². The molecule has 4 aromatic rings. The molecule has 40 heavy (non-hydrogen) atoms. The SMILES string of the molecule is COc1cc(C=Nc2ccc([C@@H]3Nc4ccc(C)cc4[C@@H]4C=CC[C@H]43)cc2)cc(Br)c1OCc1ccc(F)cc1. The fourth-order valence-corrected chi connectivity index (χ4v) is 6.23. The van der Waals surface area contributed by atoms with E-state index in [1.807, 2.05) is 18.3 Å². The first-order chi connectivity index (χ1) is 19.5. The molecule has 202 valence electrons. The van der Waals surface area contributed by atoms with Crippen LogP contribution in [0.25, 0.3) is 0 Å². The van der Waals surface area contributed by atoms with Gasteiger partial charge in [0.15, 0.2) is 11.5 Å². The van der Waals surface area contributed by atoms with E-state index in [9.17, 15) is 4.39 Å². The van der Waals surface area contributed by atoms with Crippen molar-refractivity contribution in [3.8, 4) is 11.5 Å². The molecule has 0 aromatic heterocycles. The Bertz CT molecular complexity index is 1580. The van der Waals surface area contributed by atoms with Crippen LogP contribution in [0.2, 0.25) is 0 Å². The Hall–Kier alpha value is -3.90. The number of rotatable bonds is 7. The minimum Gasteiger partial charge on any atom is -0.493 e. The van der Waals surface area contributed by atoms with Gasteiger partial charge >= 0.3 is 0 Å². The lowest BCUT2D eigenvalue weighted by atomic mass is 9.76. The second-order valence-corrected chi connectivity index (χ2v) is 11.2. The number of anilines is 1. The number of benzene rings is 4. The number of ether oxygens (including phenoxy) is 2. The molecule has 0 unspecified atom stereocenters. The molecule has 6 rings (SSSR count). The van der Waals surface area contributed by atoms with Crippen molar-refractivity contribution in [3.05, 3.63) is 129 Å². The molecule has 1 aliphatic heterocycles. The first kappa shape index (κ1) is 26.3. The molecule has 4 aromatic carbocycles. The summed E-state index contributed by atoms with van der Waals surface area (Å²) in [6.07, 6.45) is 7.60. The average Bonchev–Trinajstić information content (AvgIpc) is 3.47. The number of hydrogen-bond acceptors (Lipinski definition) is 4. The van der Waals surface area contributed by atoms with Crippen LogP contribution in [-0.2, 0) is 6.61 Å². The molecule has 0 radical (unpaired) electrons. The first-order valence-corrected chi connectivity index (χ1v) is 14.2. The van der Waals surface area contributed by atoms with Gasteiger partial charge in [-0.2, -0.15) is 0 Å². The van der Waals surface area contributed by atoms with Crippen molar-refractivity contribution in [1.29, 1.82) is 0 Å². The number of allylic oxidation sites excluding steroid dienone is 2. The van der Waals surface area contributed by atoms with Crippen molar-refractivity contribution < 1.29 is 13.9 Å². The molecule has 0 amide bonds. The zero-order valence-corrected chi connectivity index (χ0v) is 24.0. The van der Waals surface area contributed by atoms with E-state index < -0.39 is 0 Å². The Morgan fingerprint density at radius 2 is 1.82 bits per heavy atom. The molecule has 0 spiro atoms. The summed E-state index contributed by atoms with van der Waals surface area (Å²) < 4.78 is 25.5. The molecule has 0 saturated carbocycles. The quantitative estimate of drug-likeness (QED) is 0.171. The minimum atomic E-state index is -0.271. The van der Waals surface area contributed by atoms with Gasteiger partial charge in [-0.25, -0.2) is 4.39 Å². The summed E-state index contributed by atoms with van der Waals surface area (Å²) in [5.74, 6) is 1.87. The third-order valence-electron chi connectivity index (χ3n) is 7.68. The zero-order chi connectivity index (χ0) is 27.6. The first-order valence-electron chi connectivity index (χ1n) is 13.4. The lowest BCUT2D eigenvalue weighted by molar-refractivity contribution is 0.282. The second-order valence-electron chi connectivity index (χ2n) is 10.4. The molecule has 0 saturated heterocycles. The van der Waals surface area contributed by atoms with Crippen LogP contribution in [0.4, 0.5) is 15.8 Å². The Morgan fingerprint density at radius 1 is 1.02 bits per heavy atom. The maximum absolute atomic E-state index is 13.2. The standard InChI is InChI=1S/C34H30BrFN2O2/c1-21-6-15-31-29(16-21)27-4-3-5-28(27)33(38-31)24-9-13-26(14-10-24)37-19-23-17-30(35)34(32(18-23)39-2)40-20-22-7-11-25(36)12-8-22/h3-4,6-19,27-28,33,38H,5,20H2,1-2H3/t27-,28-,33+/m1/s1. The predicted octanol–water partition coefficient (Wildman–Crippen LogP) is 9.06. The lowest BCUT2D eigenvalue weighted by Crippen LogP contribution is -2.29. The van der Waals surface area contributed by atoms with Crippen LogP contribution in [0.3, 0.4) is 0 Å². The summed E-state index contributed by atoms with van der Waals surface area (Å²) in [4.78, 5) is 4.71. The van der Waals surface area contributed by atoms with Crippen molar-refractivity contribution in [1.82, 2.24) is 0 Å². The van der Waals surface area contributed by atoms with Crippen molar-refractivity contribution in [2.24, 2.45) is 10.9 Å². The van der Waals surface area contributed by atoms with Gasteiger partial charge in [0.2, 0.25) is 0 Å². The van der Waals surface area contributed by atoms with Crippen LogP contribution in [0.1, 0.15) is 46.2 Å². The van der Waals surface area contributed by atoms with E-state index in [1.165, 1.54) is 34.5 Å². The molecule has 0 bridgehead atoms.